The fourth-order valence-electron chi connectivity index (χ4n) is 1.26. The Morgan fingerprint density at radius 1 is 1.47 bits per heavy atom. The number of hydrogen-bond donors (Lipinski definition) is 1. The number of nitrogens with zero attached hydrogens (tertiary/aromatic N) is 2. The van der Waals surface area contributed by atoms with Crippen LogP contribution < -0.4 is 0 Å². The van der Waals surface area contributed by atoms with Gasteiger partial charge < -0.3 is 5.11 Å². The first-order chi connectivity index (χ1) is 8.04. The van der Waals surface area contributed by atoms with Gasteiger partial charge in [-0.3, -0.25) is 4.78 Å². The van der Waals surface area contributed by atoms with E-state index < -0.39 is 6.85 Å². The van der Waals surface area contributed by atoms with Gasteiger partial charge in [-0.15, -0.1) is 0 Å². The van der Waals surface area contributed by atoms with Crippen LogP contribution in [0.15, 0.2) is 29.4 Å². The van der Waals surface area contributed by atoms with Crippen LogP contribution in [0.1, 0.15) is 25.8 Å². The summed E-state index contributed by atoms with van der Waals surface area (Å²) in [4.78, 5) is 0. The Morgan fingerprint density at radius 3 is 2.59 bits per heavy atom. The highest BCUT2D eigenvalue weighted by Crippen LogP contribution is 2.33. The second-order valence-corrected chi connectivity index (χ2v) is 7.57. The lowest BCUT2D eigenvalue weighted by Crippen LogP contribution is -2.07. The Morgan fingerprint density at radius 2 is 2.06 bits per heavy atom. The smallest absolute Gasteiger partial charge is 0.115 e. The van der Waals surface area contributed by atoms with Gasteiger partial charge in [0, 0.05) is 19.6 Å². The Balaban J connectivity index is 2.64. The Hall–Kier alpha value is -0.860. The first-order valence-corrected chi connectivity index (χ1v) is 8.31. The molecule has 3 nitrogen and oxygen atoms in total. The molecule has 0 bridgehead atoms. The molecule has 0 aliphatic rings. The molecule has 0 aliphatic carbocycles. The third kappa shape index (κ3) is 4.49. The highest BCUT2D eigenvalue weighted by molar-refractivity contribution is 8.04. The maximum atomic E-state index is 9.16. The van der Waals surface area contributed by atoms with E-state index >= 15 is 0 Å². The van der Waals surface area contributed by atoms with Crippen molar-refractivity contribution in [1.29, 1.82) is 0 Å². The van der Waals surface area contributed by atoms with Crippen molar-refractivity contribution < 1.29 is 5.11 Å². The van der Waals surface area contributed by atoms with Crippen molar-refractivity contribution in [2.75, 3.05) is 7.05 Å². The minimum absolute atomic E-state index is 0.267. The summed E-state index contributed by atoms with van der Waals surface area (Å²) in [6, 6.07) is 6.95. The molecule has 2 atom stereocenters. The number of phenolic OH excluding ortho intramolecular Hbond substituents is 1. The lowest BCUT2D eigenvalue weighted by atomic mass is 10.2. The summed E-state index contributed by atoms with van der Waals surface area (Å²) >= 11 is 5.49. The van der Waals surface area contributed by atoms with Gasteiger partial charge in [0.25, 0.3) is 0 Å². The minimum atomic E-state index is -1.00. The number of hydrogen-bond acceptors (Lipinski definition) is 3. The van der Waals surface area contributed by atoms with Gasteiger partial charge in [-0.2, -0.15) is 5.10 Å². The number of benzene rings is 1. The van der Waals surface area contributed by atoms with Crippen LogP contribution in [-0.2, 0) is 11.8 Å². The molecule has 0 aliphatic heterocycles. The fraction of sp³-hybridized carbons (Fsp3) is 0.417. The summed E-state index contributed by atoms with van der Waals surface area (Å²) in [5.41, 5.74) is 1.50. The lowest BCUT2D eigenvalue weighted by molar-refractivity contribution is 0.475. The number of hydrazone groups is 1. The standard InChI is InChI=1S/C12H19N2OPS/c1-4-10(2)16(17)14(3)13-9-11-5-7-12(15)8-6-11/h5-10,15-16H,4H2,1-3H3/b13-9+. The number of aromatic hydroxyl groups is 1. The highest BCUT2D eigenvalue weighted by atomic mass is 32.4. The highest BCUT2D eigenvalue weighted by Gasteiger charge is 2.07. The van der Waals surface area contributed by atoms with E-state index in [0.29, 0.717) is 5.66 Å². The van der Waals surface area contributed by atoms with Crippen LogP contribution in [0, 0.1) is 0 Å². The van der Waals surface area contributed by atoms with Gasteiger partial charge in [0.1, 0.15) is 5.75 Å². The van der Waals surface area contributed by atoms with Gasteiger partial charge in [0.15, 0.2) is 0 Å². The maximum Gasteiger partial charge on any atom is 0.115 e. The molecular weight excluding hydrogens is 251 g/mol. The van der Waals surface area contributed by atoms with Gasteiger partial charge in [0.2, 0.25) is 0 Å². The van der Waals surface area contributed by atoms with E-state index in [4.69, 9.17) is 16.9 Å². The quantitative estimate of drug-likeness (QED) is 0.507. The van der Waals surface area contributed by atoms with Gasteiger partial charge in [-0.1, -0.05) is 25.7 Å². The van der Waals surface area contributed by atoms with E-state index in [1.165, 1.54) is 0 Å². The second kappa shape index (κ2) is 6.77. The first-order valence-electron chi connectivity index (χ1n) is 5.65. The van der Waals surface area contributed by atoms with Gasteiger partial charge in [0.05, 0.1) is 6.21 Å². The fourth-order valence-corrected chi connectivity index (χ4v) is 3.06. The zero-order valence-electron chi connectivity index (χ0n) is 10.4. The average molecular weight is 270 g/mol. The summed E-state index contributed by atoms with van der Waals surface area (Å²) in [5.74, 6) is 0.267. The number of rotatable bonds is 5. The van der Waals surface area contributed by atoms with Crippen LogP contribution in [0.4, 0.5) is 0 Å². The molecule has 1 rings (SSSR count). The second-order valence-electron chi connectivity index (χ2n) is 4.01. The number of phenols is 1. The van der Waals surface area contributed by atoms with E-state index in [1.54, 1.807) is 18.3 Å². The van der Waals surface area contributed by atoms with Gasteiger partial charge in [-0.25, -0.2) is 0 Å². The van der Waals surface area contributed by atoms with E-state index in [2.05, 4.69) is 18.9 Å². The topological polar surface area (TPSA) is 35.8 Å². The molecule has 2 unspecified atom stereocenters. The molecule has 1 N–H and O–H groups in total. The summed E-state index contributed by atoms with van der Waals surface area (Å²) < 4.78 is 1.90. The third-order valence-electron chi connectivity index (χ3n) is 2.63. The Kier molecular flexibility index (Phi) is 5.66. The van der Waals surface area contributed by atoms with Crippen molar-refractivity contribution in [2.24, 2.45) is 5.10 Å². The van der Waals surface area contributed by atoms with Crippen molar-refractivity contribution >= 4 is 24.9 Å². The molecule has 0 fully saturated rings. The molecule has 0 amide bonds. The van der Waals surface area contributed by atoms with Gasteiger partial charge >= 0.3 is 0 Å². The Labute approximate surface area is 109 Å². The zero-order valence-corrected chi connectivity index (χ0v) is 12.2. The van der Waals surface area contributed by atoms with Crippen LogP contribution in [0.5, 0.6) is 5.75 Å². The molecule has 0 saturated carbocycles. The molecular formula is C12H19N2OPS. The first kappa shape index (κ1) is 14.2. The van der Waals surface area contributed by atoms with Crippen molar-refractivity contribution in [2.45, 2.75) is 25.9 Å². The Bertz CT molecular complexity index is 405. The minimum Gasteiger partial charge on any atom is -0.508 e. The third-order valence-corrected chi connectivity index (χ3v) is 6.63. The van der Waals surface area contributed by atoms with E-state index in [-0.39, 0.29) is 5.75 Å². The summed E-state index contributed by atoms with van der Waals surface area (Å²) in [6.45, 7) is 3.32. The zero-order chi connectivity index (χ0) is 12.8. The normalized spacial score (nSPS) is 14.8. The van der Waals surface area contributed by atoms with E-state index in [9.17, 15) is 0 Å². The molecule has 94 valence electrons. The van der Waals surface area contributed by atoms with Crippen LogP contribution in [-0.4, -0.2) is 28.8 Å². The van der Waals surface area contributed by atoms with Crippen molar-refractivity contribution in [3.8, 4) is 5.75 Å². The largest absolute Gasteiger partial charge is 0.508 e. The van der Waals surface area contributed by atoms with Gasteiger partial charge in [-0.05, 0) is 36.2 Å². The van der Waals surface area contributed by atoms with Crippen LogP contribution >= 0.6 is 6.85 Å². The van der Waals surface area contributed by atoms with Crippen LogP contribution in [0.25, 0.3) is 0 Å². The van der Waals surface area contributed by atoms with Crippen LogP contribution in [0.2, 0.25) is 0 Å². The predicted molar refractivity (Wildman–Crippen MR) is 78.9 cm³/mol. The van der Waals surface area contributed by atoms with Crippen molar-refractivity contribution in [3.63, 3.8) is 0 Å². The molecule has 0 radical (unpaired) electrons. The molecule has 0 spiro atoms. The average Bonchev–Trinajstić information content (AvgIpc) is 2.35. The predicted octanol–water partition coefficient (Wildman–Crippen LogP) is 3.05. The lowest BCUT2D eigenvalue weighted by Gasteiger charge is -2.20. The molecule has 1 aromatic rings. The molecule has 17 heavy (non-hydrogen) atoms. The summed E-state index contributed by atoms with van der Waals surface area (Å²) in [6.07, 6.45) is 2.87. The monoisotopic (exact) mass is 270 g/mol. The van der Waals surface area contributed by atoms with Crippen molar-refractivity contribution in [3.05, 3.63) is 29.8 Å². The van der Waals surface area contributed by atoms with Crippen LogP contribution in [0.3, 0.4) is 0 Å². The van der Waals surface area contributed by atoms with E-state index in [0.717, 1.165) is 12.0 Å². The molecule has 1 aromatic carbocycles. The molecule has 0 aromatic heterocycles. The van der Waals surface area contributed by atoms with E-state index in [1.807, 2.05) is 24.0 Å². The SMILES string of the molecule is CCC(C)[PH](=S)N(C)/N=C/c1ccc(O)cc1. The molecule has 0 heterocycles. The van der Waals surface area contributed by atoms with Crippen molar-refractivity contribution in [1.82, 2.24) is 4.78 Å². The summed E-state index contributed by atoms with van der Waals surface area (Å²) in [7, 11) is 1.93. The summed E-state index contributed by atoms with van der Waals surface area (Å²) in [5, 5.41) is 13.5. The molecule has 0 saturated heterocycles. The molecule has 5 heteroatoms. The maximum absolute atomic E-state index is 9.16.